The van der Waals surface area contributed by atoms with Gasteiger partial charge < -0.3 is 10.4 Å². The van der Waals surface area contributed by atoms with Crippen LogP contribution in [0.25, 0.3) is 10.8 Å². The second kappa shape index (κ2) is 4.97. The predicted octanol–water partition coefficient (Wildman–Crippen LogP) is 2.58. The molecule has 2 aromatic rings. The molecule has 0 amide bonds. The first-order chi connectivity index (χ1) is 8.22. The van der Waals surface area contributed by atoms with E-state index in [1.54, 1.807) is 7.05 Å². The Labute approximate surface area is 100 Å². The standard InChI is InChI=1S/C14H15NO2/c1-15-13(9-14(16)17)12-8-4-6-10-5-2-3-7-11(10)12/h2-8,13,15H,9H2,1H3,(H,16,17). The molecule has 88 valence electrons. The quantitative estimate of drug-likeness (QED) is 0.847. The highest BCUT2D eigenvalue weighted by atomic mass is 16.4. The summed E-state index contributed by atoms with van der Waals surface area (Å²) in [6.45, 7) is 0. The Morgan fingerprint density at radius 1 is 1.24 bits per heavy atom. The van der Waals surface area contributed by atoms with Gasteiger partial charge in [-0.05, 0) is 23.4 Å². The van der Waals surface area contributed by atoms with Crippen molar-refractivity contribution in [1.29, 1.82) is 0 Å². The number of fused-ring (bicyclic) bond motifs is 1. The number of benzene rings is 2. The van der Waals surface area contributed by atoms with Crippen LogP contribution in [0.5, 0.6) is 0 Å². The Kier molecular flexibility index (Phi) is 3.40. The zero-order valence-corrected chi connectivity index (χ0v) is 9.68. The fourth-order valence-electron chi connectivity index (χ4n) is 2.10. The summed E-state index contributed by atoms with van der Waals surface area (Å²) >= 11 is 0. The van der Waals surface area contributed by atoms with Crippen LogP contribution in [0, 0.1) is 0 Å². The lowest BCUT2D eigenvalue weighted by Gasteiger charge is -2.16. The normalized spacial score (nSPS) is 12.5. The molecule has 0 heterocycles. The number of nitrogens with one attached hydrogen (secondary N) is 1. The summed E-state index contributed by atoms with van der Waals surface area (Å²) in [4.78, 5) is 10.8. The van der Waals surface area contributed by atoms with E-state index in [1.807, 2.05) is 42.5 Å². The molecule has 0 aromatic heterocycles. The van der Waals surface area contributed by atoms with Crippen LogP contribution < -0.4 is 5.32 Å². The lowest BCUT2D eigenvalue weighted by atomic mass is 9.97. The van der Waals surface area contributed by atoms with Crippen LogP contribution in [0.3, 0.4) is 0 Å². The number of hydrogen-bond donors (Lipinski definition) is 2. The third-order valence-electron chi connectivity index (χ3n) is 2.93. The molecular formula is C14H15NO2. The lowest BCUT2D eigenvalue weighted by Crippen LogP contribution is -2.20. The van der Waals surface area contributed by atoms with Gasteiger partial charge in [0.05, 0.1) is 6.42 Å². The Morgan fingerprint density at radius 2 is 1.94 bits per heavy atom. The van der Waals surface area contributed by atoms with Gasteiger partial charge in [-0.3, -0.25) is 4.79 Å². The SMILES string of the molecule is CNC(CC(=O)O)c1cccc2ccccc12. The summed E-state index contributed by atoms with van der Waals surface area (Å²) in [7, 11) is 1.79. The van der Waals surface area contributed by atoms with Gasteiger partial charge in [0.15, 0.2) is 0 Å². The molecule has 0 saturated heterocycles. The monoisotopic (exact) mass is 229 g/mol. The Balaban J connectivity index is 2.49. The van der Waals surface area contributed by atoms with E-state index < -0.39 is 5.97 Å². The molecular weight excluding hydrogens is 214 g/mol. The average Bonchev–Trinajstić information content (AvgIpc) is 2.35. The molecule has 0 fully saturated rings. The van der Waals surface area contributed by atoms with Crippen LogP contribution in [-0.2, 0) is 4.79 Å². The fourth-order valence-corrected chi connectivity index (χ4v) is 2.10. The molecule has 0 bridgehead atoms. The molecule has 2 aromatic carbocycles. The van der Waals surface area contributed by atoms with Gasteiger partial charge in [-0.25, -0.2) is 0 Å². The molecule has 0 saturated carbocycles. The Bertz CT molecular complexity index is 531. The highest BCUT2D eigenvalue weighted by molar-refractivity contribution is 5.86. The molecule has 3 heteroatoms. The van der Waals surface area contributed by atoms with Crippen molar-refractivity contribution in [3.63, 3.8) is 0 Å². The van der Waals surface area contributed by atoms with Crippen molar-refractivity contribution in [3.05, 3.63) is 48.0 Å². The average molecular weight is 229 g/mol. The van der Waals surface area contributed by atoms with Crippen molar-refractivity contribution >= 4 is 16.7 Å². The molecule has 0 aliphatic rings. The zero-order valence-electron chi connectivity index (χ0n) is 9.68. The molecule has 0 aliphatic carbocycles. The number of carbonyl (C=O) groups is 1. The summed E-state index contributed by atoms with van der Waals surface area (Å²) in [5.41, 5.74) is 1.04. The van der Waals surface area contributed by atoms with Gasteiger partial charge in [-0.15, -0.1) is 0 Å². The van der Waals surface area contributed by atoms with Gasteiger partial charge in [-0.2, -0.15) is 0 Å². The van der Waals surface area contributed by atoms with Crippen molar-refractivity contribution < 1.29 is 9.90 Å². The molecule has 1 atom stereocenters. The molecule has 0 aliphatic heterocycles. The van der Waals surface area contributed by atoms with Crippen LogP contribution in [0.2, 0.25) is 0 Å². The molecule has 2 N–H and O–H groups in total. The van der Waals surface area contributed by atoms with E-state index in [-0.39, 0.29) is 12.5 Å². The van der Waals surface area contributed by atoms with Crippen LogP contribution in [0.1, 0.15) is 18.0 Å². The number of carboxylic acids is 1. The second-order valence-corrected chi connectivity index (χ2v) is 4.01. The van der Waals surface area contributed by atoms with E-state index in [4.69, 9.17) is 5.11 Å². The summed E-state index contributed by atoms with van der Waals surface area (Å²) in [6, 6.07) is 13.8. The van der Waals surface area contributed by atoms with Gasteiger partial charge in [0.25, 0.3) is 0 Å². The third kappa shape index (κ3) is 2.45. The van der Waals surface area contributed by atoms with Crippen molar-refractivity contribution in [3.8, 4) is 0 Å². The molecule has 0 spiro atoms. The van der Waals surface area contributed by atoms with Gasteiger partial charge in [-0.1, -0.05) is 42.5 Å². The number of carboxylic acid groups (broad SMARTS) is 1. The Hall–Kier alpha value is -1.87. The maximum atomic E-state index is 10.8. The van der Waals surface area contributed by atoms with Crippen LogP contribution in [0.4, 0.5) is 0 Å². The van der Waals surface area contributed by atoms with Crippen LogP contribution in [-0.4, -0.2) is 18.1 Å². The smallest absolute Gasteiger partial charge is 0.305 e. The molecule has 2 rings (SSSR count). The highest BCUT2D eigenvalue weighted by Crippen LogP contribution is 2.25. The summed E-state index contributed by atoms with van der Waals surface area (Å²) in [6.07, 6.45) is 0.0878. The minimum atomic E-state index is -0.794. The highest BCUT2D eigenvalue weighted by Gasteiger charge is 2.15. The van der Waals surface area contributed by atoms with Crippen molar-refractivity contribution in [2.75, 3.05) is 7.05 Å². The predicted molar refractivity (Wildman–Crippen MR) is 68.0 cm³/mol. The fraction of sp³-hybridized carbons (Fsp3) is 0.214. The molecule has 0 radical (unpaired) electrons. The third-order valence-corrected chi connectivity index (χ3v) is 2.93. The number of aliphatic carboxylic acids is 1. The Morgan fingerprint density at radius 3 is 2.65 bits per heavy atom. The first-order valence-corrected chi connectivity index (χ1v) is 5.59. The summed E-state index contributed by atoms with van der Waals surface area (Å²) in [5, 5.41) is 14.2. The van der Waals surface area contributed by atoms with Crippen LogP contribution >= 0.6 is 0 Å². The summed E-state index contributed by atoms with van der Waals surface area (Å²) in [5.74, 6) is -0.794. The minimum Gasteiger partial charge on any atom is -0.481 e. The van der Waals surface area contributed by atoms with Crippen molar-refractivity contribution in [2.24, 2.45) is 0 Å². The largest absolute Gasteiger partial charge is 0.481 e. The number of rotatable bonds is 4. The maximum absolute atomic E-state index is 10.8. The van der Waals surface area contributed by atoms with Crippen molar-refractivity contribution in [1.82, 2.24) is 5.32 Å². The van der Waals surface area contributed by atoms with E-state index in [2.05, 4.69) is 5.32 Å². The molecule has 1 unspecified atom stereocenters. The minimum absolute atomic E-state index is 0.0878. The van der Waals surface area contributed by atoms with E-state index in [0.717, 1.165) is 16.3 Å². The van der Waals surface area contributed by atoms with Gasteiger partial charge >= 0.3 is 5.97 Å². The second-order valence-electron chi connectivity index (χ2n) is 4.01. The van der Waals surface area contributed by atoms with E-state index in [9.17, 15) is 4.79 Å². The van der Waals surface area contributed by atoms with Gasteiger partial charge in [0, 0.05) is 6.04 Å². The number of hydrogen-bond acceptors (Lipinski definition) is 2. The first kappa shape index (κ1) is 11.6. The lowest BCUT2D eigenvalue weighted by molar-refractivity contribution is -0.137. The topological polar surface area (TPSA) is 49.3 Å². The maximum Gasteiger partial charge on any atom is 0.305 e. The molecule has 3 nitrogen and oxygen atoms in total. The van der Waals surface area contributed by atoms with Gasteiger partial charge in [0.1, 0.15) is 0 Å². The first-order valence-electron chi connectivity index (χ1n) is 5.59. The molecule has 17 heavy (non-hydrogen) atoms. The van der Waals surface area contributed by atoms with Crippen LogP contribution in [0.15, 0.2) is 42.5 Å². The van der Waals surface area contributed by atoms with E-state index in [0.29, 0.717) is 0 Å². The van der Waals surface area contributed by atoms with E-state index >= 15 is 0 Å². The van der Waals surface area contributed by atoms with Gasteiger partial charge in [0.2, 0.25) is 0 Å². The zero-order chi connectivity index (χ0) is 12.3. The van der Waals surface area contributed by atoms with E-state index in [1.165, 1.54) is 0 Å². The summed E-state index contributed by atoms with van der Waals surface area (Å²) < 4.78 is 0. The van der Waals surface area contributed by atoms with Crippen molar-refractivity contribution in [2.45, 2.75) is 12.5 Å².